The van der Waals surface area contributed by atoms with E-state index in [2.05, 4.69) is 17.5 Å². The number of nitrogens with zero attached hydrogens (tertiary/aromatic N) is 3. The molecular weight excluding hydrogens is 526 g/mol. The van der Waals surface area contributed by atoms with Crippen molar-refractivity contribution in [3.63, 3.8) is 0 Å². The molecule has 0 radical (unpaired) electrons. The van der Waals surface area contributed by atoms with E-state index in [0.717, 1.165) is 44.2 Å². The average molecular weight is 565 g/mol. The van der Waals surface area contributed by atoms with Crippen molar-refractivity contribution in [1.82, 2.24) is 10.2 Å². The SMILES string of the molecule is CC(C)(C)OC(=O)N1CCC(CNC(=O)N(c2ccc(F)c(F)c2)C2CCC3(c4cccc(C#N)c4)CC3C2)CC1. The van der Waals surface area contributed by atoms with E-state index >= 15 is 0 Å². The van der Waals surface area contributed by atoms with Crippen LogP contribution in [0.25, 0.3) is 0 Å². The molecule has 3 fully saturated rings. The lowest BCUT2D eigenvalue weighted by Gasteiger charge is -2.38. The van der Waals surface area contributed by atoms with Crippen molar-refractivity contribution in [2.75, 3.05) is 24.5 Å². The van der Waals surface area contributed by atoms with Gasteiger partial charge in [0, 0.05) is 37.4 Å². The fraction of sp³-hybridized carbons (Fsp3) is 0.531. The summed E-state index contributed by atoms with van der Waals surface area (Å²) in [6.45, 7) is 7.07. The van der Waals surface area contributed by atoms with Gasteiger partial charge in [0.25, 0.3) is 0 Å². The summed E-state index contributed by atoms with van der Waals surface area (Å²) in [5.74, 6) is -1.39. The zero-order valence-electron chi connectivity index (χ0n) is 24.0. The molecule has 0 bridgehead atoms. The molecule has 41 heavy (non-hydrogen) atoms. The van der Waals surface area contributed by atoms with Crippen molar-refractivity contribution in [3.8, 4) is 6.07 Å². The smallest absolute Gasteiger partial charge is 0.410 e. The first kappa shape index (κ1) is 28.8. The Bertz CT molecular complexity index is 1350. The molecule has 9 heteroatoms. The maximum absolute atomic E-state index is 14.3. The van der Waals surface area contributed by atoms with Crippen molar-refractivity contribution < 1.29 is 23.1 Å². The van der Waals surface area contributed by atoms with E-state index in [0.29, 0.717) is 43.2 Å². The van der Waals surface area contributed by atoms with Crippen molar-refractivity contribution in [2.45, 2.75) is 76.4 Å². The second kappa shape index (κ2) is 11.3. The van der Waals surface area contributed by atoms with Gasteiger partial charge in [0.05, 0.1) is 11.6 Å². The monoisotopic (exact) mass is 564 g/mol. The Morgan fingerprint density at radius 3 is 2.54 bits per heavy atom. The fourth-order valence-corrected chi connectivity index (χ4v) is 6.59. The summed E-state index contributed by atoms with van der Waals surface area (Å²) in [5, 5.41) is 12.4. The molecule has 3 amide bonds. The zero-order valence-corrected chi connectivity index (χ0v) is 24.0. The normalized spacial score (nSPS) is 24.1. The molecule has 2 aromatic rings. The van der Waals surface area contributed by atoms with E-state index in [1.807, 2.05) is 32.9 Å². The number of piperidine rings is 1. The first-order valence-corrected chi connectivity index (χ1v) is 14.5. The largest absolute Gasteiger partial charge is 0.444 e. The van der Waals surface area contributed by atoms with E-state index < -0.39 is 17.2 Å². The third kappa shape index (κ3) is 6.32. The molecule has 1 saturated heterocycles. The molecule has 3 atom stereocenters. The number of hydrogen-bond donors (Lipinski definition) is 1. The van der Waals surface area contributed by atoms with Crippen LogP contribution in [0.4, 0.5) is 24.1 Å². The number of carbonyl (C=O) groups is 2. The Labute approximate surface area is 240 Å². The average Bonchev–Trinajstić information content (AvgIpc) is 3.69. The molecule has 1 N–H and O–H groups in total. The van der Waals surface area contributed by atoms with Gasteiger partial charge in [0.1, 0.15) is 5.60 Å². The molecule has 1 aliphatic heterocycles. The fourth-order valence-electron chi connectivity index (χ4n) is 6.59. The van der Waals surface area contributed by atoms with Gasteiger partial charge in [-0.15, -0.1) is 0 Å². The molecule has 7 nitrogen and oxygen atoms in total. The lowest BCUT2D eigenvalue weighted by molar-refractivity contribution is 0.0184. The molecule has 5 rings (SSSR count). The van der Waals surface area contributed by atoms with Gasteiger partial charge in [-0.05, 0) is 106 Å². The molecule has 2 aliphatic carbocycles. The first-order valence-electron chi connectivity index (χ1n) is 14.5. The quantitative estimate of drug-likeness (QED) is 0.449. The number of nitrogens with one attached hydrogen (secondary N) is 1. The Balaban J connectivity index is 1.24. The van der Waals surface area contributed by atoms with Gasteiger partial charge in [-0.3, -0.25) is 4.90 Å². The highest BCUT2D eigenvalue weighted by atomic mass is 19.2. The standard InChI is InChI=1S/C32H38F2N4O3/c1-31(2,3)41-30(40)37-13-10-21(11-14-37)20-36-29(39)38(25-7-8-27(33)28(34)17-25)26-9-12-32(18-24(32)16-26)23-6-4-5-22(15-23)19-35/h4-8,15,17,21,24,26H,9-14,16,18,20H2,1-3H3,(H,36,39). The zero-order chi connectivity index (χ0) is 29.4. The minimum Gasteiger partial charge on any atom is -0.444 e. The van der Waals surface area contributed by atoms with Crippen molar-refractivity contribution in [2.24, 2.45) is 11.8 Å². The van der Waals surface area contributed by atoms with Crippen LogP contribution in [0.5, 0.6) is 0 Å². The van der Waals surface area contributed by atoms with Crippen LogP contribution < -0.4 is 10.2 Å². The molecule has 3 unspecified atom stereocenters. The number of anilines is 1. The van der Waals surface area contributed by atoms with E-state index in [1.165, 1.54) is 11.6 Å². The molecule has 1 heterocycles. The van der Waals surface area contributed by atoms with Gasteiger partial charge in [-0.2, -0.15) is 5.26 Å². The van der Waals surface area contributed by atoms with Gasteiger partial charge >= 0.3 is 12.1 Å². The highest BCUT2D eigenvalue weighted by Crippen LogP contribution is 2.63. The Hall–Kier alpha value is -3.67. The van der Waals surface area contributed by atoms with E-state index in [9.17, 15) is 23.6 Å². The predicted octanol–water partition coefficient (Wildman–Crippen LogP) is 6.51. The Kier molecular flexibility index (Phi) is 7.95. The van der Waals surface area contributed by atoms with Gasteiger partial charge in [0.15, 0.2) is 11.6 Å². The van der Waals surface area contributed by atoms with Crippen molar-refractivity contribution in [3.05, 3.63) is 65.2 Å². The number of rotatable bonds is 5. The van der Waals surface area contributed by atoms with Gasteiger partial charge < -0.3 is 15.0 Å². The minimum atomic E-state index is -0.986. The van der Waals surface area contributed by atoms with Gasteiger partial charge in [-0.25, -0.2) is 18.4 Å². The van der Waals surface area contributed by atoms with Crippen LogP contribution in [0.1, 0.15) is 70.4 Å². The lowest BCUT2D eigenvalue weighted by Crippen LogP contribution is -2.50. The highest BCUT2D eigenvalue weighted by Gasteiger charge is 2.58. The number of amides is 3. The van der Waals surface area contributed by atoms with Crippen LogP contribution in [0, 0.1) is 34.8 Å². The third-order valence-electron chi connectivity index (χ3n) is 8.85. The number of likely N-dealkylation sites (tertiary alicyclic amines) is 1. The number of benzene rings is 2. The molecule has 2 saturated carbocycles. The first-order chi connectivity index (χ1) is 19.5. The van der Waals surface area contributed by atoms with Crippen LogP contribution in [-0.4, -0.2) is 48.3 Å². The van der Waals surface area contributed by atoms with Gasteiger partial charge in [0.2, 0.25) is 0 Å². The summed E-state index contributed by atoms with van der Waals surface area (Å²) in [6, 6.07) is 13.1. The molecule has 3 aliphatic rings. The van der Waals surface area contributed by atoms with Crippen molar-refractivity contribution in [1.29, 1.82) is 5.26 Å². The van der Waals surface area contributed by atoms with E-state index in [-0.39, 0.29) is 29.5 Å². The topological polar surface area (TPSA) is 85.7 Å². The number of urea groups is 1. The molecular formula is C32H38F2N4O3. The minimum absolute atomic E-state index is 0.0155. The number of ether oxygens (including phenoxy) is 1. The number of carbonyl (C=O) groups excluding carboxylic acids is 2. The van der Waals surface area contributed by atoms with Crippen LogP contribution in [0.2, 0.25) is 0 Å². The number of hydrogen-bond acceptors (Lipinski definition) is 4. The van der Waals surface area contributed by atoms with E-state index in [4.69, 9.17) is 4.74 Å². The summed E-state index contributed by atoms with van der Waals surface area (Å²) >= 11 is 0. The maximum atomic E-state index is 14.3. The Morgan fingerprint density at radius 1 is 1.12 bits per heavy atom. The number of fused-ring (bicyclic) bond motifs is 1. The van der Waals surface area contributed by atoms with Gasteiger partial charge in [-0.1, -0.05) is 12.1 Å². The van der Waals surface area contributed by atoms with E-state index in [1.54, 1.807) is 15.9 Å². The second-order valence-corrected chi connectivity index (χ2v) is 12.7. The molecule has 218 valence electrons. The summed E-state index contributed by atoms with van der Waals surface area (Å²) in [6.07, 6.45) is 4.46. The van der Waals surface area contributed by atoms with Crippen LogP contribution in [0.3, 0.4) is 0 Å². The molecule has 0 spiro atoms. The van der Waals surface area contributed by atoms with Crippen LogP contribution >= 0.6 is 0 Å². The third-order valence-corrected chi connectivity index (χ3v) is 8.85. The lowest BCUT2D eigenvalue weighted by atomic mass is 9.80. The summed E-state index contributed by atoms with van der Waals surface area (Å²) in [5.41, 5.74) is 1.61. The Morgan fingerprint density at radius 2 is 1.88 bits per heavy atom. The molecule has 0 aromatic heterocycles. The maximum Gasteiger partial charge on any atom is 0.410 e. The summed E-state index contributed by atoms with van der Waals surface area (Å²) in [7, 11) is 0. The summed E-state index contributed by atoms with van der Waals surface area (Å²) in [4.78, 5) is 29.3. The van der Waals surface area contributed by atoms with Crippen molar-refractivity contribution >= 4 is 17.8 Å². The second-order valence-electron chi connectivity index (χ2n) is 12.7. The summed E-state index contributed by atoms with van der Waals surface area (Å²) < 4.78 is 33.6. The predicted molar refractivity (Wildman–Crippen MR) is 151 cm³/mol. The number of halogens is 2. The van der Waals surface area contributed by atoms with Crippen LogP contribution in [-0.2, 0) is 10.2 Å². The highest BCUT2D eigenvalue weighted by molar-refractivity contribution is 5.92. The van der Waals surface area contributed by atoms with Crippen LogP contribution in [0.15, 0.2) is 42.5 Å². The number of nitriles is 1. The molecule has 2 aromatic carbocycles.